The fraction of sp³-hybridized carbons (Fsp3) is 0.538. The zero-order valence-corrected chi connectivity index (χ0v) is 12.0. The molecule has 1 nitrogen and oxygen atoms in total. The van der Waals surface area contributed by atoms with E-state index in [0.717, 1.165) is 12.0 Å². The molecule has 1 N–H and O–H groups in total. The summed E-state index contributed by atoms with van der Waals surface area (Å²) in [6, 6.07) is 4.27. The molecule has 1 aromatic rings. The first-order valence-corrected chi connectivity index (χ1v) is 6.81. The maximum Gasteiger partial charge on any atom is 0.390 e. The first-order valence-electron chi connectivity index (χ1n) is 6.06. The van der Waals surface area contributed by atoms with Gasteiger partial charge < -0.3 is 5.32 Å². The Morgan fingerprint density at radius 2 is 1.89 bits per heavy atom. The van der Waals surface area contributed by atoms with Crippen LogP contribution < -0.4 is 5.32 Å². The standard InChI is InChI=1S/C13H16Cl2F3N/c1-2-5-19-10(8-13(16,17)18)6-9-3-4-11(14)12(15)7-9/h3-4,7,10,19H,2,5-6,8H2,1H3. The number of benzene rings is 1. The van der Waals surface area contributed by atoms with Gasteiger partial charge >= 0.3 is 6.18 Å². The maximum absolute atomic E-state index is 12.5. The number of rotatable bonds is 6. The van der Waals surface area contributed by atoms with E-state index < -0.39 is 18.6 Å². The Labute approximate surface area is 121 Å². The predicted octanol–water partition coefficient (Wildman–Crippen LogP) is 4.86. The summed E-state index contributed by atoms with van der Waals surface area (Å²) in [6.07, 6.45) is -3.97. The second-order valence-corrected chi connectivity index (χ2v) is 5.24. The Bertz CT molecular complexity index is 407. The van der Waals surface area contributed by atoms with Gasteiger partial charge in [0.2, 0.25) is 0 Å². The molecule has 0 amide bonds. The van der Waals surface area contributed by atoms with Crippen molar-refractivity contribution in [2.24, 2.45) is 0 Å². The van der Waals surface area contributed by atoms with Gasteiger partial charge in [0.15, 0.2) is 0 Å². The van der Waals surface area contributed by atoms with E-state index in [9.17, 15) is 13.2 Å². The van der Waals surface area contributed by atoms with Gasteiger partial charge in [0.05, 0.1) is 16.5 Å². The van der Waals surface area contributed by atoms with E-state index in [4.69, 9.17) is 23.2 Å². The zero-order valence-electron chi connectivity index (χ0n) is 10.5. The van der Waals surface area contributed by atoms with Gasteiger partial charge in [-0.15, -0.1) is 0 Å². The molecule has 1 rings (SSSR count). The Morgan fingerprint density at radius 1 is 1.21 bits per heavy atom. The summed E-state index contributed by atoms with van der Waals surface area (Å²) < 4.78 is 37.5. The molecule has 0 fully saturated rings. The van der Waals surface area contributed by atoms with Gasteiger partial charge in [-0.25, -0.2) is 0 Å². The lowest BCUT2D eigenvalue weighted by atomic mass is 10.0. The molecule has 1 atom stereocenters. The van der Waals surface area contributed by atoms with Gasteiger partial charge in [-0.1, -0.05) is 36.2 Å². The van der Waals surface area contributed by atoms with E-state index in [1.165, 1.54) is 0 Å². The highest BCUT2D eigenvalue weighted by molar-refractivity contribution is 6.42. The molecule has 0 spiro atoms. The summed E-state index contributed by atoms with van der Waals surface area (Å²) in [5, 5.41) is 3.68. The maximum atomic E-state index is 12.5. The highest BCUT2D eigenvalue weighted by atomic mass is 35.5. The van der Waals surface area contributed by atoms with Crippen molar-refractivity contribution in [3.8, 4) is 0 Å². The number of nitrogens with one attached hydrogen (secondary N) is 1. The lowest BCUT2D eigenvalue weighted by Crippen LogP contribution is -2.36. The SMILES string of the molecule is CCCNC(Cc1ccc(Cl)c(Cl)c1)CC(F)(F)F. The summed E-state index contributed by atoms with van der Waals surface area (Å²) >= 11 is 11.6. The normalized spacial score (nSPS) is 13.6. The first kappa shape index (κ1) is 16.6. The van der Waals surface area contributed by atoms with Crippen molar-refractivity contribution < 1.29 is 13.2 Å². The molecule has 0 aliphatic rings. The third kappa shape index (κ3) is 6.50. The molecule has 0 saturated heterocycles. The van der Waals surface area contributed by atoms with E-state index >= 15 is 0 Å². The monoisotopic (exact) mass is 313 g/mol. The fourth-order valence-corrected chi connectivity index (χ4v) is 2.12. The van der Waals surface area contributed by atoms with Crippen molar-refractivity contribution in [2.75, 3.05) is 6.54 Å². The molecule has 0 aliphatic carbocycles. The fourth-order valence-electron chi connectivity index (χ4n) is 1.80. The Morgan fingerprint density at radius 3 is 2.42 bits per heavy atom. The molecule has 0 heterocycles. The van der Waals surface area contributed by atoms with Crippen LogP contribution in [0.5, 0.6) is 0 Å². The molecular weight excluding hydrogens is 298 g/mol. The van der Waals surface area contributed by atoms with Gasteiger partial charge in [-0.2, -0.15) is 13.2 Å². The number of alkyl halides is 3. The Kier molecular flexibility index (Phi) is 6.43. The van der Waals surface area contributed by atoms with Crippen molar-refractivity contribution in [1.29, 1.82) is 0 Å². The molecule has 0 saturated carbocycles. The largest absolute Gasteiger partial charge is 0.390 e. The van der Waals surface area contributed by atoms with Gasteiger partial charge in [0, 0.05) is 6.04 Å². The molecule has 19 heavy (non-hydrogen) atoms. The van der Waals surface area contributed by atoms with E-state index in [2.05, 4.69) is 5.32 Å². The molecule has 0 radical (unpaired) electrons. The summed E-state index contributed by atoms with van der Waals surface area (Å²) in [5.74, 6) is 0. The lowest BCUT2D eigenvalue weighted by Gasteiger charge is -2.20. The third-order valence-corrected chi connectivity index (χ3v) is 3.37. The van der Waals surface area contributed by atoms with Crippen LogP contribution >= 0.6 is 23.2 Å². The van der Waals surface area contributed by atoms with Crippen LogP contribution in [0.3, 0.4) is 0 Å². The molecular formula is C13H16Cl2F3N. The van der Waals surface area contributed by atoms with E-state index in [1.807, 2.05) is 6.92 Å². The molecule has 1 unspecified atom stereocenters. The van der Waals surface area contributed by atoms with Crippen LogP contribution in [-0.4, -0.2) is 18.8 Å². The predicted molar refractivity (Wildman–Crippen MR) is 72.9 cm³/mol. The summed E-state index contributed by atoms with van der Waals surface area (Å²) in [4.78, 5) is 0. The molecule has 6 heteroatoms. The molecule has 0 aliphatic heterocycles. The van der Waals surface area contributed by atoms with Crippen LogP contribution in [0.1, 0.15) is 25.3 Å². The van der Waals surface area contributed by atoms with Crippen LogP contribution in [0.2, 0.25) is 10.0 Å². The van der Waals surface area contributed by atoms with Crippen molar-refractivity contribution in [3.05, 3.63) is 33.8 Å². The Balaban J connectivity index is 2.72. The molecule has 0 bridgehead atoms. The van der Waals surface area contributed by atoms with Crippen molar-refractivity contribution in [1.82, 2.24) is 5.32 Å². The number of hydrogen-bond donors (Lipinski definition) is 1. The van der Waals surface area contributed by atoms with E-state index in [0.29, 0.717) is 16.6 Å². The minimum atomic E-state index is -4.18. The zero-order chi connectivity index (χ0) is 14.5. The average Bonchev–Trinajstić information content (AvgIpc) is 2.29. The first-order chi connectivity index (χ1) is 8.81. The summed E-state index contributed by atoms with van der Waals surface area (Å²) in [6.45, 7) is 2.47. The number of hydrogen-bond acceptors (Lipinski definition) is 1. The van der Waals surface area contributed by atoms with Crippen LogP contribution in [0.4, 0.5) is 13.2 Å². The summed E-state index contributed by atoms with van der Waals surface area (Å²) in [5.41, 5.74) is 0.743. The van der Waals surface area contributed by atoms with Gasteiger partial charge in [0.25, 0.3) is 0 Å². The van der Waals surface area contributed by atoms with Crippen LogP contribution in [0.15, 0.2) is 18.2 Å². The second-order valence-electron chi connectivity index (χ2n) is 4.42. The Hall–Kier alpha value is -0.450. The van der Waals surface area contributed by atoms with Crippen LogP contribution in [-0.2, 0) is 6.42 Å². The van der Waals surface area contributed by atoms with E-state index in [-0.39, 0.29) is 6.42 Å². The van der Waals surface area contributed by atoms with Crippen molar-refractivity contribution >= 4 is 23.2 Å². The van der Waals surface area contributed by atoms with Gasteiger partial charge in [-0.3, -0.25) is 0 Å². The van der Waals surface area contributed by atoms with Crippen LogP contribution in [0.25, 0.3) is 0 Å². The minimum Gasteiger partial charge on any atom is -0.313 e. The highest BCUT2D eigenvalue weighted by Gasteiger charge is 2.31. The molecule has 108 valence electrons. The van der Waals surface area contributed by atoms with Crippen molar-refractivity contribution in [2.45, 2.75) is 38.4 Å². The van der Waals surface area contributed by atoms with Crippen LogP contribution in [0, 0.1) is 0 Å². The quantitative estimate of drug-likeness (QED) is 0.791. The average molecular weight is 314 g/mol. The smallest absolute Gasteiger partial charge is 0.313 e. The third-order valence-electron chi connectivity index (χ3n) is 2.63. The van der Waals surface area contributed by atoms with Gasteiger partial charge in [-0.05, 0) is 37.1 Å². The minimum absolute atomic E-state index is 0.274. The molecule has 1 aromatic carbocycles. The highest BCUT2D eigenvalue weighted by Crippen LogP contribution is 2.26. The topological polar surface area (TPSA) is 12.0 Å². The number of halogens is 5. The summed E-state index contributed by atoms with van der Waals surface area (Å²) in [7, 11) is 0. The van der Waals surface area contributed by atoms with E-state index in [1.54, 1.807) is 18.2 Å². The lowest BCUT2D eigenvalue weighted by molar-refractivity contribution is -0.139. The molecule has 0 aromatic heterocycles. The van der Waals surface area contributed by atoms with Crippen molar-refractivity contribution in [3.63, 3.8) is 0 Å². The second kappa shape index (κ2) is 7.36. The van der Waals surface area contributed by atoms with Gasteiger partial charge in [0.1, 0.15) is 0 Å².